The topological polar surface area (TPSA) is 39.3 Å². The van der Waals surface area contributed by atoms with Gasteiger partial charge in [0.05, 0.1) is 5.02 Å². The van der Waals surface area contributed by atoms with Crippen LogP contribution in [0.2, 0.25) is 10.0 Å². The van der Waals surface area contributed by atoms with Crippen molar-refractivity contribution in [1.29, 1.82) is 0 Å². The maximum absolute atomic E-state index is 12.7. The van der Waals surface area contributed by atoms with Crippen LogP contribution in [-0.4, -0.2) is 29.0 Å². The number of H-pyrrole nitrogens is 1. The van der Waals surface area contributed by atoms with E-state index < -0.39 is 0 Å². The molecule has 0 saturated carbocycles. The lowest BCUT2D eigenvalue weighted by atomic mass is 10.1. The Hall–Kier alpha value is -2.17. The van der Waals surface area contributed by atoms with E-state index in [0.717, 1.165) is 22.2 Å². The zero-order valence-corrected chi connectivity index (χ0v) is 14.3. The van der Waals surface area contributed by atoms with Crippen molar-refractivity contribution in [2.75, 3.05) is 18.0 Å². The van der Waals surface area contributed by atoms with Crippen molar-refractivity contribution < 1.29 is 4.79 Å². The second-order valence-corrected chi connectivity index (χ2v) is 6.66. The molecule has 2 heterocycles. The Labute approximate surface area is 149 Å². The van der Waals surface area contributed by atoms with E-state index in [0.29, 0.717) is 29.7 Å². The Balaban J connectivity index is 1.60. The van der Waals surface area contributed by atoms with Crippen molar-refractivity contribution in [3.8, 4) is 0 Å². The van der Waals surface area contributed by atoms with E-state index in [1.54, 1.807) is 11.0 Å². The number of anilines is 1. The summed E-state index contributed by atoms with van der Waals surface area (Å²) in [6, 6.07) is 13.3. The fourth-order valence-corrected chi connectivity index (χ4v) is 3.77. The second-order valence-electron chi connectivity index (χ2n) is 5.82. The SMILES string of the molecule is O=C1N(Cc2c[nH]c3cc(Cl)cc(Cl)c23)CCN1c1ccccc1. The molecule has 2 aromatic carbocycles. The summed E-state index contributed by atoms with van der Waals surface area (Å²) >= 11 is 12.4. The number of benzene rings is 2. The molecule has 0 atom stereocenters. The fraction of sp³-hybridized carbons (Fsp3) is 0.167. The van der Waals surface area contributed by atoms with Crippen molar-refractivity contribution in [2.24, 2.45) is 0 Å². The van der Waals surface area contributed by atoms with E-state index >= 15 is 0 Å². The number of nitrogens with one attached hydrogen (secondary N) is 1. The number of urea groups is 1. The number of aromatic nitrogens is 1. The second kappa shape index (κ2) is 6.04. The van der Waals surface area contributed by atoms with Crippen LogP contribution in [0, 0.1) is 0 Å². The molecule has 0 spiro atoms. The molecule has 1 aliphatic heterocycles. The molecule has 1 aliphatic rings. The Bertz CT molecular complexity index is 907. The molecule has 3 aromatic rings. The van der Waals surface area contributed by atoms with E-state index in [9.17, 15) is 4.79 Å². The van der Waals surface area contributed by atoms with Gasteiger partial charge >= 0.3 is 6.03 Å². The summed E-state index contributed by atoms with van der Waals surface area (Å²) in [4.78, 5) is 19.5. The van der Waals surface area contributed by atoms with Crippen LogP contribution in [0.3, 0.4) is 0 Å². The Morgan fingerprint density at radius 3 is 2.67 bits per heavy atom. The summed E-state index contributed by atoms with van der Waals surface area (Å²) in [5.41, 5.74) is 2.80. The maximum Gasteiger partial charge on any atom is 0.324 e. The smallest absolute Gasteiger partial charge is 0.324 e. The number of halogens is 2. The number of carbonyl (C=O) groups excluding carboxylic acids is 1. The molecule has 6 heteroatoms. The first-order chi connectivity index (χ1) is 11.6. The minimum atomic E-state index is 0.0145. The van der Waals surface area contributed by atoms with Crippen LogP contribution < -0.4 is 4.90 Å². The van der Waals surface area contributed by atoms with Crippen molar-refractivity contribution >= 4 is 45.8 Å². The molecular weight excluding hydrogens is 345 g/mol. The highest BCUT2D eigenvalue weighted by Gasteiger charge is 2.30. The van der Waals surface area contributed by atoms with Crippen LogP contribution in [0.1, 0.15) is 5.56 Å². The highest BCUT2D eigenvalue weighted by Crippen LogP contribution is 2.31. The van der Waals surface area contributed by atoms with Gasteiger partial charge in [-0.2, -0.15) is 0 Å². The average molecular weight is 360 g/mol. The standard InChI is InChI=1S/C18H15Cl2N3O/c19-13-8-15(20)17-12(10-21-16(17)9-13)11-22-6-7-23(18(22)24)14-4-2-1-3-5-14/h1-5,8-10,21H,6-7,11H2. The van der Waals surface area contributed by atoms with Crippen LogP contribution in [0.5, 0.6) is 0 Å². The largest absolute Gasteiger partial charge is 0.361 e. The first-order valence-electron chi connectivity index (χ1n) is 7.70. The Morgan fingerprint density at radius 1 is 1.08 bits per heavy atom. The quantitative estimate of drug-likeness (QED) is 0.708. The number of fused-ring (bicyclic) bond motifs is 1. The van der Waals surface area contributed by atoms with Gasteiger partial charge in [-0.3, -0.25) is 4.90 Å². The summed E-state index contributed by atoms with van der Waals surface area (Å²) < 4.78 is 0. The van der Waals surface area contributed by atoms with E-state index in [-0.39, 0.29) is 6.03 Å². The van der Waals surface area contributed by atoms with Crippen molar-refractivity contribution in [3.63, 3.8) is 0 Å². The van der Waals surface area contributed by atoms with Crippen LogP contribution in [0.4, 0.5) is 10.5 Å². The van der Waals surface area contributed by atoms with Gasteiger partial charge in [0.1, 0.15) is 0 Å². The molecule has 1 aromatic heterocycles. The molecule has 4 rings (SSSR count). The van der Waals surface area contributed by atoms with Gasteiger partial charge in [0.2, 0.25) is 0 Å². The van der Waals surface area contributed by atoms with Crippen molar-refractivity contribution in [2.45, 2.75) is 6.54 Å². The van der Waals surface area contributed by atoms with E-state index in [1.165, 1.54) is 0 Å². The van der Waals surface area contributed by atoms with Gasteiger partial charge in [0, 0.05) is 47.4 Å². The van der Waals surface area contributed by atoms with Gasteiger partial charge in [-0.1, -0.05) is 41.4 Å². The van der Waals surface area contributed by atoms with E-state index in [4.69, 9.17) is 23.2 Å². The minimum Gasteiger partial charge on any atom is -0.361 e. The molecular formula is C18H15Cl2N3O. The number of hydrogen-bond donors (Lipinski definition) is 1. The van der Waals surface area contributed by atoms with Gasteiger partial charge in [-0.25, -0.2) is 4.79 Å². The molecule has 1 saturated heterocycles. The van der Waals surface area contributed by atoms with Crippen LogP contribution >= 0.6 is 23.2 Å². The fourth-order valence-electron chi connectivity index (χ4n) is 3.16. The summed E-state index contributed by atoms with van der Waals surface area (Å²) in [6.45, 7) is 1.89. The van der Waals surface area contributed by atoms with Gasteiger partial charge in [0.15, 0.2) is 0 Å². The molecule has 2 amide bonds. The Morgan fingerprint density at radius 2 is 1.88 bits per heavy atom. The molecule has 122 valence electrons. The maximum atomic E-state index is 12.7. The van der Waals surface area contributed by atoms with E-state index in [1.807, 2.05) is 47.5 Å². The van der Waals surface area contributed by atoms with Gasteiger partial charge < -0.3 is 9.88 Å². The van der Waals surface area contributed by atoms with Gasteiger partial charge in [-0.05, 0) is 29.8 Å². The molecule has 4 nitrogen and oxygen atoms in total. The predicted molar refractivity (Wildman–Crippen MR) is 97.9 cm³/mol. The molecule has 0 unspecified atom stereocenters. The highest BCUT2D eigenvalue weighted by atomic mass is 35.5. The monoisotopic (exact) mass is 359 g/mol. The number of carbonyl (C=O) groups is 1. The molecule has 1 N–H and O–H groups in total. The summed E-state index contributed by atoms with van der Waals surface area (Å²) in [7, 11) is 0. The lowest BCUT2D eigenvalue weighted by Crippen LogP contribution is -2.31. The number of para-hydroxylation sites is 1. The third-order valence-electron chi connectivity index (χ3n) is 4.30. The van der Waals surface area contributed by atoms with Crippen molar-refractivity contribution in [1.82, 2.24) is 9.88 Å². The summed E-state index contributed by atoms with van der Waals surface area (Å²) in [6.07, 6.45) is 1.89. The zero-order chi connectivity index (χ0) is 16.7. The van der Waals surface area contributed by atoms with Crippen molar-refractivity contribution in [3.05, 3.63) is 64.3 Å². The summed E-state index contributed by atoms with van der Waals surface area (Å²) in [5, 5.41) is 2.11. The number of hydrogen-bond acceptors (Lipinski definition) is 1. The van der Waals surface area contributed by atoms with E-state index in [2.05, 4.69) is 4.98 Å². The average Bonchev–Trinajstić information content (AvgIpc) is 3.13. The van der Waals surface area contributed by atoms with Gasteiger partial charge in [0.25, 0.3) is 0 Å². The predicted octanol–water partition coefficient (Wildman–Crippen LogP) is 4.92. The highest BCUT2D eigenvalue weighted by molar-refractivity contribution is 6.38. The Kier molecular flexibility index (Phi) is 3.87. The third-order valence-corrected chi connectivity index (χ3v) is 4.82. The zero-order valence-electron chi connectivity index (χ0n) is 12.8. The molecule has 0 bridgehead atoms. The molecule has 0 radical (unpaired) electrons. The van der Waals surface area contributed by atoms with Crippen LogP contribution in [-0.2, 0) is 6.54 Å². The number of rotatable bonds is 3. The lowest BCUT2D eigenvalue weighted by molar-refractivity contribution is 0.219. The molecule has 24 heavy (non-hydrogen) atoms. The van der Waals surface area contributed by atoms with Crippen LogP contribution in [0.25, 0.3) is 10.9 Å². The molecule has 0 aliphatic carbocycles. The first kappa shape index (κ1) is 15.4. The molecule has 1 fully saturated rings. The first-order valence-corrected chi connectivity index (χ1v) is 8.45. The van der Waals surface area contributed by atoms with Gasteiger partial charge in [-0.15, -0.1) is 0 Å². The minimum absolute atomic E-state index is 0.0145. The summed E-state index contributed by atoms with van der Waals surface area (Å²) in [5.74, 6) is 0. The number of amides is 2. The normalized spacial score (nSPS) is 14.8. The number of nitrogens with zero attached hydrogens (tertiary/aromatic N) is 2. The lowest BCUT2D eigenvalue weighted by Gasteiger charge is -2.18. The number of aromatic amines is 1. The third kappa shape index (κ3) is 2.62. The van der Waals surface area contributed by atoms with Crippen LogP contribution in [0.15, 0.2) is 48.7 Å².